The summed E-state index contributed by atoms with van der Waals surface area (Å²) in [5.41, 5.74) is 4.10. The van der Waals surface area contributed by atoms with Crippen molar-refractivity contribution in [3.8, 4) is 22.1 Å². The van der Waals surface area contributed by atoms with Crippen LogP contribution in [0.15, 0.2) is 89.5 Å². The third-order valence-corrected chi connectivity index (χ3v) is 6.97. The summed E-state index contributed by atoms with van der Waals surface area (Å²) in [6, 6.07) is 24.3. The molecule has 3 aromatic heterocycles. The Morgan fingerprint density at radius 1 is 0.941 bits per heavy atom. The second-order valence-corrected chi connectivity index (χ2v) is 9.27. The van der Waals surface area contributed by atoms with E-state index in [1.165, 1.54) is 5.56 Å². The summed E-state index contributed by atoms with van der Waals surface area (Å²) in [5.74, 6) is 2.44. The Morgan fingerprint density at radius 3 is 2.53 bits per heavy atom. The maximum Gasteiger partial charge on any atom is 0.196 e. The van der Waals surface area contributed by atoms with Gasteiger partial charge < -0.3 is 4.74 Å². The zero-order valence-corrected chi connectivity index (χ0v) is 20.3. The SMILES string of the molecule is CCOc1ccc(-n2c(Cc3ccccc3)nnc2SCc2csc(-c3ccccn3)n2)cc1. The van der Waals surface area contributed by atoms with Crippen molar-refractivity contribution < 1.29 is 4.74 Å². The standard InChI is InChI=1S/C26H23N5OS2/c1-2-32-22-13-11-21(12-14-22)31-24(16-19-8-4-3-5-9-19)29-30-26(31)34-18-20-17-33-25(28-20)23-10-6-7-15-27-23/h3-15,17H,2,16,18H2,1H3. The lowest BCUT2D eigenvalue weighted by Gasteiger charge is -2.11. The van der Waals surface area contributed by atoms with Crippen LogP contribution in [0.25, 0.3) is 16.4 Å². The maximum atomic E-state index is 5.62. The Kier molecular flexibility index (Phi) is 6.97. The molecule has 0 aliphatic carbocycles. The van der Waals surface area contributed by atoms with Crippen LogP contribution in [0.1, 0.15) is 24.0 Å². The quantitative estimate of drug-likeness (QED) is 0.236. The second-order valence-electron chi connectivity index (χ2n) is 7.47. The van der Waals surface area contributed by atoms with E-state index in [1.807, 2.05) is 55.5 Å². The molecule has 0 saturated carbocycles. The van der Waals surface area contributed by atoms with Crippen LogP contribution in [0.5, 0.6) is 5.75 Å². The van der Waals surface area contributed by atoms with Crippen molar-refractivity contribution >= 4 is 23.1 Å². The third kappa shape index (κ3) is 5.18. The zero-order valence-electron chi connectivity index (χ0n) is 18.7. The van der Waals surface area contributed by atoms with E-state index in [2.05, 4.69) is 49.4 Å². The topological polar surface area (TPSA) is 65.7 Å². The molecule has 0 unspecified atom stereocenters. The minimum atomic E-state index is 0.639. The highest BCUT2D eigenvalue weighted by Gasteiger charge is 2.16. The Morgan fingerprint density at radius 2 is 1.76 bits per heavy atom. The first kappa shape index (κ1) is 22.3. The van der Waals surface area contributed by atoms with Gasteiger partial charge in [-0.25, -0.2) is 4.98 Å². The molecule has 34 heavy (non-hydrogen) atoms. The highest BCUT2D eigenvalue weighted by molar-refractivity contribution is 7.98. The number of nitrogens with zero attached hydrogens (tertiary/aromatic N) is 5. The zero-order chi connectivity index (χ0) is 23.2. The van der Waals surface area contributed by atoms with Gasteiger partial charge in [-0.1, -0.05) is 48.2 Å². The van der Waals surface area contributed by atoms with Crippen LogP contribution in [0, 0.1) is 0 Å². The van der Waals surface area contributed by atoms with Gasteiger partial charge in [-0.3, -0.25) is 9.55 Å². The monoisotopic (exact) mass is 485 g/mol. The predicted molar refractivity (Wildman–Crippen MR) is 137 cm³/mol. The van der Waals surface area contributed by atoms with Gasteiger partial charge in [0.1, 0.15) is 16.6 Å². The third-order valence-electron chi connectivity index (χ3n) is 5.10. The van der Waals surface area contributed by atoms with Gasteiger partial charge in [0.2, 0.25) is 0 Å². The molecular weight excluding hydrogens is 462 g/mol. The van der Waals surface area contributed by atoms with E-state index in [1.54, 1.807) is 29.3 Å². The second kappa shape index (κ2) is 10.6. The molecule has 0 spiro atoms. The molecule has 0 atom stereocenters. The first-order valence-electron chi connectivity index (χ1n) is 11.0. The van der Waals surface area contributed by atoms with Crippen LogP contribution in [0.4, 0.5) is 0 Å². The molecule has 5 aromatic rings. The lowest BCUT2D eigenvalue weighted by molar-refractivity contribution is 0.340. The van der Waals surface area contributed by atoms with Crippen LogP contribution < -0.4 is 4.74 Å². The average molecular weight is 486 g/mol. The summed E-state index contributed by atoms with van der Waals surface area (Å²) >= 11 is 3.24. The van der Waals surface area contributed by atoms with Gasteiger partial charge in [0.25, 0.3) is 0 Å². The van der Waals surface area contributed by atoms with E-state index >= 15 is 0 Å². The molecule has 0 N–H and O–H groups in total. The summed E-state index contributed by atoms with van der Waals surface area (Å²) < 4.78 is 7.74. The molecule has 8 heteroatoms. The van der Waals surface area contributed by atoms with Gasteiger partial charge >= 0.3 is 0 Å². The van der Waals surface area contributed by atoms with Crippen LogP contribution in [0.3, 0.4) is 0 Å². The van der Waals surface area contributed by atoms with Gasteiger partial charge in [0.15, 0.2) is 5.16 Å². The molecule has 0 bridgehead atoms. The van der Waals surface area contributed by atoms with Crippen molar-refractivity contribution in [2.24, 2.45) is 0 Å². The Hall–Kier alpha value is -3.49. The van der Waals surface area contributed by atoms with Crippen LogP contribution in [-0.4, -0.2) is 31.3 Å². The molecule has 5 rings (SSSR count). The first-order chi connectivity index (χ1) is 16.8. The summed E-state index contributed by atoms with van der Waals surface area (Å²) in [6.45, 7) is 2.62. The highest BCUT2D eigenvalue weighted by Crippen LogP contribution is 2.29. The fraction of sp³-hybridized carbons (Fsp3) is 0.154. The van der Waals surface area contributed by atoms with Crippen LogP contribution >= 0.6 is 23.1 Å². The molecule has 3 heterocycles. The number of thiazole rings is 1. The van der Waals surface area contributed by atoms with E-state index in [9.17, 15) is 0 Å². The van der Waals surface area contributed by atoms with Crippen molar-refractivity contribution in [3.05, 3.63) is 101 Å². The van der Waals surface area contributed by atoms with Gasteiger partial charge in [-0.05, 0) is 48.9 Å². The van der Waals surface area contributed by atoms with E-state index < -0.39 is 0 Å². The molecule has 170 valence electrons. The molecule has 0 aliphatic heterocycles. The molecule has 0 radical (unpaired) electrons. The lowest BCUT2D eigenvalue weighted by Crippen LogP contribution is -2.04. The van der Waals surface area contributed by atoms with Crippen molar-refractivity contribution in [3.63, 3.8) is 0 Å². The summed E-state index contributed by atoms with van der Waals surface area (Å²) in [5, 5.41) is 12.9. The van der Waals surface area contributed by atoms with Gasteiger partial charge in [0.05, 0.1) is 18.0 Å². The molecule has 0 aliphatic rings. The summed E-state index contributed by atoms with van der Waals surface area (Å²) in [7, 11) is 0. The van der Waals surface area contributed by atoms with E-state index in [-0.39, 0.29) is 0 Å². The number of benzene rings is 2. The normalized spacial score (nSPS) is 11.0. The number of pyridine rings is 1. The van der Waals surface area contributed by atoms with E-state index in [4.69, 9.17) is 9.72 Å². The number of hydrogen-bond donors (Lipinski definition) is 0. The lowest BCUT2D eigenvalue weighted by atomic mass is 10.1. The number of hydrogen-bond acceptors (Lipinski definition) is 7. The number of rotatable bonds is 9. The molecule has 2 aromatic carbocycles. The van der Waals surface area contributed by atoms with E-state index in [0.717, 1.165) is 38.8 Å². The molecule has 0 saturated heterocycles. The van der Waals surface area contributed by atoms with Crippen molar-refractivity contribution in [2.75, 3.05) is 6.61 Å². The number of aromatic nitrogens is 5. The average Bonchev–Trinajstić information content (AvgIpc) is 3.52. The Bertz CT molecular complexity index is 1330. The van der Waals surface area contributed by atoms with E-state index in [0.29, 0.717) is 18.8 Å². The molecule has 0 amide bonds. The summed E-state index contributed by atoms with van der Waals surface area (Å²) in [6.07, 6.45) is 2.49. The molecule has 0 fully saturated rings. The van der Waals surface area contributed by atoms with Crippen molar-refractivity contribution in [1.29, 1.82) is 0 Å². The fourth-order valence-corrected chi connectivity index (χ4v) is 5.29. The largest absolute Gasteiger partial charge is 0.494 e. The Labute approximate surface area is 206 Å². The minimum absolute atomic E-state index is 0.639. The summed E-state index contributed by atoms with van der Waals surface area (Å²) in [4.78, 5) is 9.17. The highest BCUT2D eigenvalue weighted by atomic mass is 32.2. The van der Waals surface area contributed by atoms with Crippen LogP contribution in [0.2, 0.25) is 0 Å². The maximum absolute atomic E-state index is 5.62. The molecule has 6 nitrogen and oxygen atoms in total. The van der Waals surface area contributed by atoms with Crippen LogP contribution in [-0.2, 0) is 12.2 Å². The number of thioether (sulfide) groups is 1. The van der Waals surface area contributed by atoms with Crippen molar-refractivity contribution in [1.82, 2.24) is 24.7 Å². The van der Waals surface area contributed by atoms with Crippen molar-refractivity contribution in [2.45, 2.75) is 24.3 Å². The number of ether oxygens (including phenoxy) is 1. The minimum Gasteiger partial charge on any atom is -0.494 e. The first-order valence-corrected chi connectivity index (χ1v) is 12.9. The van der Waals surface area contributed by atoms with Gasteiger partial charge in [0, 0.05) is 29.4 Å². The Balaban J connectivity index is 1.40. The van der Waals surface area contributed by atoms with Gasteiger partial charge in [-0.2, -0.15) is 0 Å². The fourth-order valence-electron chi connectivity index (χ4n) is 3.52. The predicted octanol–water partition coefficient (Wildman–Crippen LogP) is 6.07. The smallest absolute Gasteiger partial charge is 0.196 e. The van der Waals surface area contributed by atoms with Gasteiger partial charge in [-0.15, -0.1) is 21.5 Å². The molecular formula is C26H23N5OS2.